The summed E-state index contributed by atoms with van der Waals surface area (Å²) in [6.45, 7) is 0.382. The minimum absolute atomic E-state index is 0.0847. The average Bonchev–Trinajstić information content (AvgIpc) is 3.02. The molecule has 0 radical (unpaired) electrons. The Balaban J connectivity index is 1.90. The third kappa shape index (κ3) is 3.69. The third-order valence-corrected chi connectivity index (χ3v) is 4.07. The number of carboxylic acid groups (broad SMARTS) is 1. The molecule has 120 valence electrons. The predicted octanol–water partition coefficient (Wildman–Crippen LogP) is 1.82. The van der Waals surface area contributed by atoms with Crippen molar-refractivity contribution in [1.29, 1.82) is 0 Å². The fourth-order valence-corrected chi connectivity index (χ4v) is 2.77. The van der Waals surface area contributed by atoms with Gasteiger partial charge in [-0.25, -0.2) is 0 Å². The molecule has 1 aliphatic rings. The van der Waals surface area contributed by atoms with Gasteiger partial charge in [0.2, 0.25) is 5.91 Å². The Bertz CT molecular complexity index is 557. The van der Waals surface area contributed by atoms with Crippen LogP contribution in [0, 0.1) is 11.8 Å². The van der Waals surface area contributed by atoms with Crippen molar-refractivity contribution in [2.24, 2.45) is 11.8 Å². The van der Waals surface area contributed by atoms with Gasteiger partial charge in [0.25, 0.3) is 0 Å². The number of benzene rings is 1. The van der Waals surface area contributed by atoms with Crippen LogP contribution in [0.15, 0.2) is 18.2 Å². The van der Waals surface area contributed by atoms with E-state index in [0.717, 1.165) is 5.56 Å². The van der Waals surface area contributed by atoms with Crippen LogP contribution in [0.25, 0.3) is 0 Å². The highest BCUT2D eigenvalue weighted by Gasteiger charge is 2.33. The maximum atomic E-state index is 12.1. The van der Waals surface area contributed by atoms with Gasteiger partial charge in [0.05, 0.1) is 20.1 Å². The molecular weight excluding hydrogens is 286 g/mol. The van der Waals surface area contributed by atoms with Crippen molar-refractivity contribution in [2.75, 3.05) is 14.2 Å². The molecule has 1 saturated carbocycles. The Morgan fingerprint density at radius 3 is 2.45 bits per heavy atom. The molecule has 1 aromatic rings. The van der Waals surface area contributed by atoms with Crippen LogP contribution in [0.1, 0.15) is 24.8 Å². The SMILES string of the molecule is COc1ccc(CNC(=O)[C@@H]2CC[C@H](C(=O)O)C2)cc1OC. The van der Waals surface area contributed by atoms with Crippen molar-refractivity contribution < 1.29 is 24.2 Å². The van der Waals surface area contributed by atoms with Gasteiger partial charge in [-0.1, -0.05) is 6.07 Å². The van der Waals surface area contributed by atoms with E-state index in [2.05, 4.69) is 5.32 Å². The third-order valence-electron chi connectivity index (χ3n) is 4.07. The highest BCUT2D eigenvalue weighted by Crippen LogP contribution is 2.31. The van der Waals surface area contributed by atoms with Crippen LogP contribution < -0.4 is 14.8 Å². The van der Waals surface area contributed by atoms with Gasteiger partial charge in [-0.3, -0.25) is 9.59 Å². The van der Waals surface area contributed by atoms with E-state index in [4.69, 9.17) is 14.6 Å². The molecule has 0 spiro atoms. The fourth-order valence-electron chi connectivity index (χ4n) is 2.77. The van der Waals surface area contributed by atoms with Gasteiger partial charge in [0.15, 0.2) is 11.5 Å². The number of carbonyl (C=O) groups is 2. The second-order valence-corrected chi connectivity index (χ2v) is 5.45. The van der Waals surface area contributed by atoms with Crippen LogP contribution in [0.5, 0.6) is 11.5 Å². The second-order valence-electron chi connectivity index (χ2n) is 5.45. The van der Waals surface area contributed by atoms with Gasteiger partial charge in [0.1, 0.15) is 0 Å². The molecule has 22 heavy (non-hydrogen) atoms. The molecule has 0 aromatic heterocycles. The number of nitrogens with one attached hydrogen (secondary N) is 1. The van der Waals surface area contributed by atoms with E-state index in [9.17, 15) is 9.59 Å². The summed E-state index contributed by atoms with van der Waals surface area (Å²) in [5, 5.41) is 11.8. The Morgan fingerprint density at radius 1 is 1.18 bits per heavy atom. The molecule has 6 nitrogen and oxygen atoms in total. The molecule has 1 amide bonds. The molecule has 0 unspecified atom stereocenters. The zero-order valence-corrected chi connectivity index (χ0v) is 12.8. The molecule has 2 rings (SSSR count). The lowest BCUT2D eigenvalue weighted by Gasteiger charge is -2.12. The van der Waals surface area contributed by atoms with E-state index in [1.54, 1.807) is 20.3 Å². The molecule has 2 N–H and O–H groups in total. The minimum atomic E-state index is -0.810. The smallest absolute Gasteiger partial charge is 0.306 e. The average molecular weight is 307 g/mol. The molecule has 6 heteroatoms. The Labute approximate surface area is 129 Å². The highest BCUT2D eigenvalue weighted by molar-refractivity contribution is 5.80. The first-order chi connectivity index (χ1) is 10.5. The van der Waals surface area contributed by atoms with Crippen molar-refractivity contribution in [3.8, 4) is 11.5 Å². The molecule has 1 aromatic carbocycles. The minimum Gasteiger partial charge on any atom is -0.493 e. The summed E-state index contributed by atoms with van der Waals surface area (Å²) in [7, 11) is 3.13. The number of methoxy groups -OCH3 is 2. The van der Waals surface area contributed by atoms with E-state index in [1.165, 1.54) is 0 Å². The number of hydrogen-bond donors (Lipinski definition) is 2. The van der Waals surface area contributed by atoms with Crippen molar-refractivity contribution in [2.45, 2.75) is 25.8 Å². The second kappa shape index (κ2) is 7.15. The zero-order chi connectivity index (χ0) is 16.1. The van der Waals surface area contributed by atoms with E-state index >= 15 is 0 Å². The molecule has 0 saturated heterocycles. The van der Waals surface area contributed by atoms with Crippen LogP contribution in [0.3, 0.4) is 0 Å². The van der Waals surface area contributed by atoms with Crippen molar-refractivity contribution in [1.82, 2.24) is 5.32 Å². The first-order valence-corrected chi connectivity index (χ1v) is 7.26. The standard InChI is InChI=1S/C16H21NO5/c1-21-13-6-3-10(7-14(13)22-2)9-17-15(18)11-4-5-12(8-11)16(19)20/h3,6-7,11-12H,4-5,8-9H2,1-2H3,(H,17,18)(H,19,20)/t11-,12+/m1/s1. The van der Waals surface area contributed by atoms with Gasteiger partial charge in [-0.15, -0.1) is 0 Å². The summed E-state index contributed by atoms with van der Waals surface area (Å²) in [5.41, 5.74) is 0.902. The van der Waals surface area contributed by atoms with E-state index in [1.807, 2.05) is 12.1 Å². The molecule has 0 bridgehead atoms. The highest BCUT2D eigenvalue weighted by atomic mass is 16.5. The van der Waals surface area contributed by atoms with Crippen LogP contribution >= 0.6 is 0 Å². The van der Waals surface area contributed by atoms with Crippen LogP contribution in [-0.4, -0.2) is 31.2 Å². The Hall–Kier alpha value is -2.24. The number of carbonyl (C=O) groups excluding carboxylic acids is 1. The summed E-state index contributed by atoms with van der Waals surface area (Å²) in [6, 6.07) is 5.46. The molecule has 2 atom stereocenters. The van der Waals surface area contributed by atoms with Crippen LogP contribution in [0.2, 0.25) is 0 Å². The maximum Gasteiger partial charge on any atom is 0.306 e. The maximum absolute atomic E-state index is 12.1. The summed E-state index contributed by atoms with van der Waals surface area (Å²) in [4.78, 5) is 23.0. The van der Waals surface area contributed by atoms with Crippen molar-refractivity contribution >= 4 is 11.9 Å². The monoisotopic (exact) mass is 307 g/mol. The van der Waals surface area contributed by atoms with Gasteiger partial charge >= 0.3 is 5.97 Å². The summed E-state index contributed by atoms with van der Waals surface area (Å²) in [5.74, 6) is -0.245. The molecule has 1 aliphatic carbocycles. The summed E-state index contributed by atoms with van der Waals surface area (Å²) < 4.78 is 10.4. The number of aliphatic carboxylic acids is 1. The number of amides is 1. The van der Waals surface area contributed by atoms with Gasteiger partial charge < -0.3 is 19.9 Å². The lowest BCUT2D eigenvalue weighted by molar-refractivity contribution is -0.141. The predicted molar refractivity (Wildman–Crippen MR) is 79.9 cm³/mol. The van der Waals surface area contributed by atoms with E-state index in [-0.39, 0.29) is 11.8 Å². The number of rotatable bonds is 6. The summed E-state index contributed by atoms with van der Waals surface area (Å²) >= 11 is 0. The quantitative estimate of drug-likeness (QED) is 0.837. The first-order valence-electron chi connectivity index (χ1n) is 7.26. The fraction of sp³-hybridized carbons (Fsp3) is 0.500. The van der Waals surface area contributed by atoms with Crippen molar-refractivity contribution in [3.05, 3.63) is 23.8 Å². The van der Waals surface area contributed by atoms with Gasteiger partial charge in [-0.05, 0) is 37.0 Å². The lowest BCUT2D eigenvalue weighted by Crippen LogP contribution is -2.29. The molecule has 0 aliphatic heterocycles. The number of carboxylic acids is 1. The molecular formula is C16H21NO5. The topological polar surface area (TPSA) is 84.9 Å². The van der Waals surface area contributed by atoms with Crippen molar-refractivity contribution in [3.63, 3.8) is 0 Å². The zero-order valence-electron chi connectivity index (χ0n) is 12.8. The molecule has 1 fully saturated rings. The number of hydrogen-bond acceptors (Lipinski definition) is 4. The van der Waals surface area contributed by atoms with E-state index in [0.29, 0.717) is 37.3 Å². The normalized spacial score (nSPS) is 20.5. The van der Waals surface area contributed by atoms with Gasteiger partial charge in [0, 0.05) is 12.5 Å². The first kappa shape index (κ1) is 16.1. The van der Waals surface area contributed by atoms with Gasteiger partial charge in [-0.2, -0.15) is 0 Å². The van der Waals surface area contributed by atoms with Crippen LogP contribution in [-0.2, 0) is 16.1 Å². The largest absolute Gasteiger partial charge is 0.493 e. The lowest BCUT2D eigenvalue weighted by atomic mass is 10.0. The van der Waals surface area contributed by atoms with Crippen LogP contribution in [0.4, 0.5) is 0 Å². The Kier molecular flexibility index (Phi) is 5.25. The Morgan fingerprint density at radius 2 is 1.86 bits per heavy atom. The summed E-state index contributed by atoms with van der Waals surface area (Å²) in [6.07, 6.45) is 1.63. The van der Waals surface area contributed by atoms with E-state index < -0.39 is 11.9 Å². The number of ether oxygens (including phenoxy) is 2. The molecule has 0 heterocycles.